The van der Waals surface area contributed by atoms with Gasteiger partial charge in [0.2, 0.25) is 5.95 Å². The Kier molecular flexibility index (Phi) is 6.75. The van der Waals surface area contributed by atoms with Gasteiger partial charge in [-0.05, 0) is 30.7 Å². The van der Waals surface area contributed by atoms with Crippen molar-refractivity contribution in [3.8, 4) is 0 Å². The average molecular weight is 425 g/mol. The van der Waals surface area contributed by atoms with Gasteiger partial charge >= 0.3 is 5.97 Å². The van der Waals surface area contributed by atoms with Gasteiger partial charge in [0, 0.05) is 11.3 Å². The van der Waals surface area contributed by atoms with Gasteiger partial charge in [0.1, 0.15) is 6.04 Å². The lowest BCUT2D eigenvalue weighted by atomic mass is 10.1. The normalized spacial score (nSPS) is 11.8. The molecule has 1 atom stereocenters. The van der Waals surface area contributed by atoms with Crippen molar-refractivity contribution in [2.75, 3.05) is 11.1 Å². The molecule has 2 aromatic heterocycles. The van der Waals surface area contributed by atoms with Crippen molar-refractivity contribution in [3.63, 3.8) is 0 Å². The molecule has 31 heavy (non-hydrogen) atoms. The third kappa shape index (κ3) is 5.53. The summed E-state index contributed by atoms with van der Waals surface area (Å²) in [6.45, 7) is 2.25. The standard InChI is InChI=1S/C20H23N7O4/c1-2-3-4-14(19(30)31)25-17(28)11-5-7-12(8-6-11)22-9-13-10-23-16-15(24-13)18(29)27-20(21)26-16/h5-8,10,14,22H,2-4,9H2,1H3,(H,25,28)(H,30,31)(H3,21,23,26,27,29)/t14-/m0/s1. The lowest BCUT2D eigenvalue weighted by Crippen LogP contribution is -2.40. The first-order chi connectivity index (χ1) is 14.9. The molecule has 0 radical (unpaired) electrons. The molecular formula is C20H23N7O4. The molecule has 0 saturated carbocycles. The third-order valence-corrected chi connectivity index (χ3v) is 4.56. The Morgan fingerprint density at radius 3 is 2.65 bits per heavy atom. The van der Waals surface area contributed by atoms with Crippen LogP contribution in [0.25, 0.3) is 11.2 Å². The van der Waals surface area contributed by atoms with E-state index in [2.05, 4.69) is 30.6 Å². The Hall–Kier alpha value is -4.02. The predicted octanol–water partition coefficient (Wildman–Crippen LogP) is 1.28. The zero-order chi connectivity index (χ0) is 22.4. The SMILES string of the molecule is CCCC[C@H](NC(=O)c1ccc(NCc2cnc3nc(N)[nH]c(=O)c3n2)cc1)C(=O)O. The molecule has 3 aromatic rings. The number of hydrogen-bond acceptors (Lipinski definition) is 8. The molecule has 0 fully saturated rings. The number of nitrogens with zero attached hydrogens (tertiary/aromatic N) is 3. The number of H-pyrrole nitrogens is 1. The predicted molar refractivity (Wildman–Crippen MR) is 115 cm³/mol. The number of nitrogens with one attached hydrogen (secondary N) is 3. The van der Waals surface area contributed by atoms with Gasteiger partial charge in [-0.3, -0.25) is 14.6 Å². The van der Waals surface area contributed by atoms with Crippen LogP contribution in [0.1, 0.15) is 42.2 Å². The van der Waals surface area contributed by atoms with Crippen LogP contribution in [0.3, 0.4) is 0 Å². The van der Waals surface area contributed by atoms with Gasteiger partial charge in [-0.25, -0.2) is 14.8 Å². The molecular weight excluding hydrogens is 402 g/mol. The highest BCUT2D eigenvalue weighted by Gasteiger charge is 2.19. The fraction of sp³-hybridized carbons (Fsp3) is 0.300. The number of nitrogens with two attached hydrogens (primary N) is 1. The summed E-state index contributed by atoms with van der Waals surface area (Å²) in [6.07, 6.45) is 3.44. The summed E-state index contributed by atoms with van der Waals surface area (Å²) in [6, 6.07) is 5.67. The molecule has 1 aromatic carbocycles. The zero-order valence-corrected chi connectivity index (χ0v) is 16.9. The summed E-state index contributed by atoms with van der Waals surface area (Å²) in [4.78, 5) is 50.2. The van der Waals surface area contributed by atoms with E-state index in [-0.39, 0.29) is 23.7 Å². The van der Waals surface area contributed by atoms with Crippen LogP contribution >= 0.6 is 0 Å². The largest absolute Gasteiger partial charge is 0.480 e. The molecule has 162 valence electrons. The van der Waals surface area contributed by atoms with Gasteiger partial charge in [0.15, 0.2) is 11.2 Å². The number of rotatable bonds is 9. The second-order valence-corrected chi connectivity index (χ2v) is 6.92. The number of carboxylic acids is 1. The summed E-state index contributed by atoms with van der Waals surface area (Å²) in [5, 5.41) is 14.9. The van der Waals surface area contributed by atoms with E-state index in [0.717, 1.165) is 6.42 Å². The number of carbonyl (C=O) groups is 2. The highest BCUT2D eigenvalue weighted by Crippen LogP contribution is 2.12. The van der Waals surface area contributed by atoms with E-state index in [0.29, 0.717) is 29.8 Å². The summed E-state index contributed by atoms with van der Waals surface area (Å²) < 4.78 is 0. The van der Waals surface area contributed by atoms with Crippen molar-refractivity contribution < 1.29 is 14.7 Å². The summed E-state index contributed by atoms with van der Waals surface area (Å²) in [5.74, 6) is -1.52. The van der Waals surface area contributed by atoms with Crippen LogP contribution in [0, 0.1) is 0 Å². The number of carbonyl (C=O) groups excluding carboxylic acids is 1. The molecule has 0 unspecified atom stereocenters. The van der Waals surface area contributed by atoms with Crippen LogP contribution in [0.2, 0.25) is 0 Å². The summed E-state index contributed by atoms with van der Waals surface area (Å²) in [5.41, 5.74) is 6.87. The lowest BCUT2D eigenvalue weighted by molar-refractivity contribution is -0.139. The van der Waals surface area contributed by atoms with Crippen LogP contribution in [0.5, 0.6) is 0 Å². The number of aromatic nitrogens is 4. The van der Waals surface area contributed by atoms with Crippen molar-refractivity contribution in [1.82, 2.24) is 25.3 Å². The van der Waals surface area contributed by atoms with E-state index >= 15 is 0 Å². The molecule has 0 spiro atoms. The molecule has 0 aliphatic heterocycles. The second kappa shape index (κ2) is 9.65. The van der Waals surface area contributed by atoms with Gasteiger partial charge in [-0.15, -0.1) is 0 Å². The Morgan fingerprint density at radius 2 is 1.97 bits per heavy atom. The first-order valence-electron chi connectivity index (χ1n) is 9.76. The van der Waals surface area contributed by atoms with Crippen molar-refractivity contribution in [2.45, 2.75) is 38.8 Å². The van der Waals surface area contributed by atoms with E-state index in [1.54, 1.807) is 24.3 Å². The molecule has 0 aliphatic rings. The van der Waals surface area contributed by atoms with Gasteiger partial charge in [-0.2, -0.15) is 4.98 Å². The molecule has 11 heteroatoms. The van der Waals surface area contributed by atoms with Gasteiger partial charge < -0.3 is 21.5 Å². The van der Waals surface area contributed by atoms with Gasteiger partial charge in [0.05, 0.1) is 18.4 Å². The van der Waals surface area contributed by atoms with E-state index in [1.165, 1.54) is 6.20 Å². The fourth-order valence-electron chi connectivity index (χ4n) is 2.90. The molecule has 2 heterocycles. The van der Waals surface area contributed by atoms with Crippen molar-refractivity contribution in [1.29, 1.82) is 0 Å². The number of aromatic amines is 1. The zero-order valence-electron chi connectivity index (χ0n) is 16.9. The molecule has 11 nitrogen and oxygen atoms in total. The number of aliphatic carboxylic acids is 1. The van der Waals surface area contributed by atoms with Gasteiger partial charge in [0.25, 0.3) is 11.5 Å². The maximum atomic E-state index is 12.3. The monoisotopic (exact) mass is 425 g/mol. The number of unbranched alkanes of at least 4 members (excludes halogenated alkanes) is 1. The molecule has 3 rings (SSSR count). The number of benzene rings is 1. The smallest absolute Gasteiger partial charge is 0.326 e. The Labute approximate surface area is 177 Å². The number of nitrogen functional groups attached to an aromatic ring is 1. The van der Waals surface area contributed by atoms with E-state index in [1.807, 2.05) is 6.92 Å². The van der Waals surface area contributed by atoms with Crippen molar-refractivity contribution in [3.05, 3.63) is 52.1 Å². The number of hydrogen-bond donors (Lipinski definition) is 5. The van der Waals surface area contributed by atoms with Crippen molar-refractivity contribution in [2.24, 2.45) is 0 Å². The highest BCUT2D eigenvalue weighted by molar-refractivity contribution is 5.96. The van der Waals surface area contributed by atoms with E-state index in [9.17, 15) is 19.5 Å². The minimum atomic E-state index is -1.05. The quantitative estimate of drug-likeness (QED) is 0.338. The Morgan fingerprint density at radius 1 is 1.23 bits per heavy atom. The van der Waals surface area contributed by atoms with Crippen LogP contribution < -0.4 is 21.9 Å². The Balaban J connectivity index is 1.63. The first kappa shape index (κ1) is 21.7. The number of anilines is 2. The number of fused-ring (bicyclic) bond motifs is 1. The maximum absolute atomic E-state index is 12.3. The van der Waals surface area contributed by atoms with Crippen LogP contribution in [-0.4, -0.2) is 43.0 Å². The van der Waals surface area contributed by atoms with Crippen molar-refractivity contribution >= 4 is 34.7 Å². The highest BCUT2D eigenvalue weighted by atomic mass is 16.4. The first-order valence-corrected chi connectivity index (χ1v) is 9.76. The van der Waals surface area contributed by atoms with Crippen LogP contribution in [0.15, 0.2) is 35.3 Å². The molecule has 0 saturated heterocycles. The minimum absolute atomic E-state index is 0.0261. The number of amides is 1. The second-order valence-electron chi connectivity index (χ2n) is 6.92. The molecule has 0 aliphatic carbocycles. The average Bonchev–Trinajstić information content (AvgIpc) is 2.75. The summed E-state index contributed by atoms with van der Waals surface area (Å²) in [7, 11) is 0. The minimum Gasteiger partial charge on any atom is -0.480 e. The molecule has 1 amide bonds. The topological polar surface area (TPSA) is 176 Å². The maximum Gasteiger partial charge on any atom is 0.326 e. The summed E-state index contributed by atoms with van der Waals surface area (Å²) >= 11 is 0. The molecule has 0 bridgehead atoms. The Bertz CT molecular complexity index is 1140. The van der Waals surface area contributed by atoms with Crippen LogP contribution in [-0.2, 0) is 11.3 Å². The van der Waals surface area contributed by atoms with E-state index < -0.39 is 23.5 Å². The third-order valence-electron chi connectivity index (χ3n) is 4.56. The fourth-order valence-corrected chi connectivity index (χ4v) is 2.90. The van der Waals surface area contributed by atoms with E-state index in [4.69, 9.17) is 5.73 Å². The van der Waals surface area contributed by atoms with Gasteiger partial charge in [-0.1, -0.05) is 19.8 Å². The number of carboxylic acid groups (broad SMARTS) is 1. The lowest BCUT2D eigenvalue weighted by Gasteiger charge is -2.14. The molecule has 6 N–H and O–H groups in total. The van der Waals surface area contributed by atoms with Crippen LogP contribution in [0.4, 0.5) is 11.6 Å².